The molecule has 0 radical (unpaired) electrons. The molecular formula is C36H34N2S. The summed E-state index contributed by atoms with van der Waals surface area (Å²) >= 11 is 0. The Morgan fingerprint density at radius 3 is 2.28 bits per heavy atom. The van der Waals surface area contributed by atoms with E-state index in [0.29, 0.717) is 5.92 Å². The first-order valence-electron chi connectivity index (χ1n) is 14.3. The molecule has 0 N–H and O–H groups in total. The van der Waals surface area contributed by atoms with Crippen LogP contribution in [0.4, 0.5) is 0 Å². The lowest BCUT2D eigenvalue weighted by atomic mass is 9.81. The highest BCUT2D eigenvalue weighted by Gasteiger charge is 2.25. The summed E-state index contributed by atoms with van der Waals surface area (Å²) in [6.07, 6.45) is 15.9. The second-order valence-corrected chi connectivity index (χ2v) is 16.3. The Kier molecular flexibility index (Phi) is 5.07. The number of nitrogens with zero attached hydrogens (tertiary/aromatic N) is 2. The van der Waals surface area contributed by atoms with Crippen LogP contribution in [0.1, 0.15) is 43.6 Å². The fraction of sp³-hybridized carbons (Fsp3) is 0.250. The van der Waals surface area contributed by atoms with Gasteiger partial charge in [0.2, 0.25) is 0 Å². The van der Waals surface area contributed by atoms with Gasteiger partial charge < -0.3 is 4.40 Å². The van der Waals surface area contributed by atoms with Gasteiger partial charge in [-0.15, -0.1) is 0 Å². The zero-order chi connectivity index (χ0) is 26.3. The van der Waals surface area contributed by atoms with Crippen LogP contribution in [0.25, 0.3) is 60.1 Å². The minimum atomic E-state index is -0.918. The van der Waals surface area contributed by atoms with Crippen molar-refractivity contribution in [2.75, 3.05) is 18.8 Å². The predicted molar refractivity (Wildman–Crippen MR) is 171 cm³/mol. The Morgan fingerprint density at radius 1 is 0.718 bits per heavy atom. The molecule has 8 rings (SSSR count). The number of para-hydroxylation sites is 1. The predicted octanol–water partition coefficient (Wildman–Crippen LogP) is 10.2. The molecule has 194 valence electrons. The second kappa shape index (κ2) is 8.47. The smallest absolute Gasteiger partial charge is 0.0949 e. The molecule has 3 heteroatoms. The van der Waals surface area contributed by atoms with Crippen molar-refractivity contribution in [1.82, 2.24) is 9.38 Å². The van der Waals surface area contributed by atoms with E-state index in [2.05, 4.69) is 102 Å². The Morgan fingerprint density at radius 2 is 1.46 bits per heavy atom. The minimum absolute atomic E-state index is 0.633. The summed E-state index contributed by atoms with van der Waals surface area (Å²) in [7, 11) is -0.918. The number of rotatable bonds is 3. The largest absolute Gasteiger partial charge is 0.306 e. The molecule has 3 heterocycles. The van der Waals surface area contributed by atoms with Crippen molar-refractivity contribution >= 4 is 58.9 Å². The van der Waals surface area contributed by atoms with Crippen LogP contribution in [-0.4, -0.2) is 28.2 Å². The Balaban J connectivity index is 1.51. The molecule has 39 heavy (non-hydrogen) atoms. The third kappa shape index (κ3) is 3.39. The maximum Gasteiger partial charge on any atom is 0.0949 e. The Labute approximate surface area is 231 Å². The summed E-state index contributed by atoms with van der Waals surface area (Å²) < 4.78 is 2.53. The summed E-state index contributed by atoms with van der Waals surface area (Å²) in [4.78, 5) is 6.62. The molecule has 0 amide bonds. The summed E-state index contributed by atoms with van der Waals surface area (Å²) in [5.74, 6) is 0.633. The first-order chi connectivity index (χ1) is 19.0. The van der Waals surface area contributed by atoms with Gasteiger partial charge in [-0.2, -0.15) is 0 Å². The van der Waals surface area contributed by atoms with E-state index in [9.17, 15) is 0 Å². The number of pyridine rings is 1. The Bertz CT molecular complexity index is 2040. The first kappa shape index (κ1) is 23.3. The molecule has 0 aliphatic heterocycles. The molecule has 1 fully saturated rings. The summed E-state index contributed by atoms with van der Waals surface area (Å²) in [5, 5.41) is 8.15. The van der Waals surface area contributed by atoms with Crippen LogP contribution in [-0.2, 0) is 0 Å². The van der Waals surface area contributed by atoms with Crippen molar-refractivity contribution in [2.45, 2.75) is 42.9 Å². The molecule has 0 saturated heterocycles. The minimum Gasteiger partial charge on any atom is -0.306 e. The summed E-state index contributed by atoms with van der Waals surface area (Å²) in [6.45, 7) is 0. The zero-order valence-electron chi connectivity index (χ0n) is 23.0. The maximum absolute atomic E-state index is 5.13. The van der Waals surface area contributed by atoms with E-state index in [1.54, 1.807) is 0 Å². The lowest BCUT2D eigenvalue weighted by Gasteiger charge is -2.27. The van der Waals surface area contributed by atoms with Crippen LogP contribution in [0.3, 0.4) is 0 Å². The van der Waals surface area contributed by atoms with Gasteiger partial charge in [0.1, 0.15) is 0 Å². The van der Waals surface area contributed by atoms with Gasteiger partial charge in [0, 0.05) is 33.3 Å². The fourth-order valence-electron chi connectivity index (χ4n) is 7.36. The number of aromatic nitrogens is 2. The van der Waals surface area contributed by atoms with Gasteiger partial charge in [0.05, 0.1) is 22.2 Å². The highest BCUT2D eigenvalue weighted by molar-refractivity contribution is 8.32. The molecule has 0 bridgehead atoms. The van der Waals surface area contributed by atoms with E-state index >= 15 is 0 Å². The van der Waals surface area contributed by atoms with E-state index in [1.165, 1.54) is 97.0 Å². The SMILES string of the molecule is CS(C)(C)c1ccc2c3ccnc(-c4cc(C5CCCCC5)c5ccccc5c4)c3n3c4ccccc4c1c23. The first-order valence-corrected chi connectivity index (χ1v) is 17.1. The van der Waals surface area contributed by atoms with Crippen molar-refractivity contribution in [3.8, 4) is 11.3 Å². The quantitative estimate of drug-likeness (QED) is 0.224. The van der Waals surface area contributed by atoms with Crippen molar-refractivity contribution < 1.29 is 0 Å². The lowest BCUT2D eigenvalue weighted by molar-refractivity contribution is 0.445. The third-order valence-corrected chi connectivity index (χ3v) is 10.7. The van der Waals surface area contributed by atoms with Crippen LogP contribution in [0.2, 0.25) is 0 Å². The summed E-state index contributed by atoms with van der Waals surface area (Å²) in [5.41, 5.74) is 7.73. The number of fused-ring (bicyclic) bond motifs is 7. The molecule has 2 nitrogen and oxygen atoms in total. The molecule has 3 aromatic heterocycles. The van der Waals surface area contributed by atoms with E-state index in [1.807, 2.05) is 6.20 Å². The molecule has 1 aliphatic rings. The molecule has 7 aromatic rings. The normalized spacial score (nSPS) is 15.9. The standard InChI is InChI=1S/C36H34N2S/c1-39(2,3)32-18-17-27-28-19-20-37-34(36(28)38-31-16-10-9-15-29(31)33(32)35(27)38)25-21-24-13-7-8-14-26(24)30(22-25)23-11-5-4-6-12-23/h7-10,13-23H,4-6,11-12H2,1-3H3. The van der Waals surface area contributed by atoms with Gasteiger partial charge in [0.25, 0.3) is 0 Å². The zero-order valence-corrected chi connectivity index (χ0v) is 23.8. The second-order valence-electron chi connectivity index (χ2n) is 12.2. The van der Waals surface area contributed by atoms with Gasteiger partial charge in [0.15, 0.2) is 0 Å². The van der Waals surface area contributed by atoms with Crippen LogP contribution in [0.5, 0.6) is 0 Å². The third-order valence-electron chi connectivity index (χ3n) is 9.09. The van der Waals surface area contributed by atoms with E-state index in [-0.39, 0.29) is 0 Å². The van der Waals surface area contributed by atoms with Crippen molar-refractivity contribution in [1.29, 1.82) is 0 Å². The maximum atomic E-state index is 5.13. The molecule has 1 aliphatic carbocycles. The molecule has 0 unspecified atom stereocenters. The number of hydrogen-bond acceptors (Lipinski definition) is 1. The van der Waals surface area contributed by atoms with E-state index < -0.39 is 10.0 Å². The number of hydrogen-bond donors (Lipinski definition) is 0. The number of benzene rings is 4. The van der Waals surface area contributed by atoms with Crippen LogP contribution < -0.4 is 0 Å². The topological polar surface area (TPSA) is 17.3 Å². The van der Waals surface area contributed by atoms with Crippen LogP contribution in [0, 0.1) is 0 Å². The van der Waals surface area contributed by atoms with Crippen molar-refractivity contribution in [3.63, 3.8) is 0 Å². The molecular weight excluding hydrogens is 492 g/mol. The van der Waals surface area contributed by atoms with Crippen molar-refractivity contribution in [3.05, 3.63) is 90.6 Å². The van der Waals surface area contributed by atoms with Crippen molar-refractivity contribution in [2.24, 2.45) is 0 Å². The molecule has 1 saturated carbocycles. The van der Waals surface area contributed by atoms with E-state index in [4.69, 9.17) is 4.98 Å². The van der Waals surface area contributed by atoms with Crippen LogP contribution >= 0.6 is 10.0 Å². The highest BCUT2D eigenvalue weighted by atomic mass is 32.3. The van der Waals surface area contributed by atoms with Gasteiger partial charge in [-0.1, -0.05) is 67.8 Å². The van der Waals surface area contributed by atoms with Crippen LogP contribution in [0.15, 0.2) is 90.0 Å². The molecule has 0 atom stereocenters. The average Bonchev–Trinajstić information content (AvgIpc) is 3.49. The highest BCUT2D eigenvalue weighted by Crippen LogP contribution is 2.53. The monoisotopic (exact) mass is 526 g/mol. The van der Waals surface area contributed by atoms with Gasteiger partial charge in [-0.3, -0.25) is 4.98 Å². The average molecular weight is 527 g/mol. The Hall–Kier alpha value is -3.56. The van der Waals surface area contributed by atoms with Gasteiger partial charge >= 0.3 is 0 Å². The summed E-state index contributed by atoms with van der Waals surface area (Å²) in [6, 6.07) is 29.8. The van der Waals surface area contributed by atoms with Gasteiger partial charge in [-0.05, 0) is 89.1 Å². The lowest BCUT2D eigenvalue weighted by Crippen LogP contribution is -2.05. The van der Waals surface area contributed by atoms with E-state index in [0.717, 1.165) is 5.69 Å². The molecule has 0 spiro atoms. The fourth-order valence-corrected chi connectivity index (χ4v) is 8.66. The molecule has 4 aromatic carbocycles. The van der Waals surface area contributed by atoms with Gasteiger partial charge in [-0.25, -0.2) is 10.0 Å².